The number of carbonyl (C=O) groups excluding carboxylic acids is 1. The molecule has 3 aromatic heterocycles. The fourth-order valence-corrected chi connectivity index (χ4v) is 3.14. The third kappa shape index (κ3) is 3.11. The monoisotopic (exact) mass is 370 g/mol. The maximum absolute atomic E-state index is 12.2. The number of para-hydroxylation sites is 1. The second kappa shape index (κ2) is 6.88. The van der Waals surface area contributed by atoms with Crippen LogP contribution in [0.4, 0.5) is 0 Å². The van der Waals surface area contributed by atoms with Crippen molar-refractivity contribution >= 4 is 28.3 Å². The number of aromatic nitrogens is 7. The maximum Gasteiger partial charge on any atom is 0.369 e. The van der Waals surface area contributed by atoms with E-state index >= 15 is 0 Å². The van der Waals surface area contributed by atoms with E-state index < -0.39 is 0 Å². The lowest BCUT2D eigenvalue weighted by Gasteiger charge is -2.05. The molecule has 0 radical (unpaired) electrons. The molecule has 1 aromatic carbocycles. The van der Waals surface area contributed by atoms with Gasteiger partial charge in [-0.3, -0.25) is 4.79 Å². The summed E-state index contributed by atoms with van der Waals surface area (Å²) in [6.07, 6.45) is 0. The molecule has 0 aliphatic heterocycles. The maximum atomic E-state index is 12.2. The molecule has 0 aliphatic carbocycles. The van der Waals surface area contributed by atoms with Crippen molar-refractivity contribution in [2.24, 2.45) is 0 Å². The molecule has 11 heteroatoms. The number of amides is 1. The molecular weight excluding hydrogens is 356 g/mol. The number of nitrogens with zero attached hydrogens (tertiary/aromatic N) is 7. The highest BCUT2D eigenvalue weighted by atomic mass is 32.1. The zero-order valence-electron chi connectivity index (χ0n) is 13.5. The first-order chi connectivity index (χ1) is 12.7. The van der Waals surface area contributed by atoms with Crippen molar-refractivity contribution in [3.8, 4) is 5.00 Å². The summed E-state index contributed by atoms with van der Waals surface area (Å²) in [6, 6.07) is 11.0. The number of hydrogen-bond donors (Lipinski definition) is 1. The average Bonchev–Trinajstić information content (AvgIpc) is 3.37. The van der Waals surface area contributed by atoms with Crippen molar-refractivity contribution in [2.45, 2.75) is 13.1 Å². The van der Waals surface area contributed by atoms with Gasteiger partial charge in [-0.15, -0.1) is 16.4 Å². The van der Waals surface area contributed by atoms with E-state index in [0.717, 1.165) is 11.0 Å². The molecule has 132 valence electrons. The van der Waals surface area contributed by atoms with Crippen LogP contribution in [0, 0.1) is 0 Å². The number of tetrazole rings is 1. The largest absolute Gasteiger partial charge is 0.369 e. The van der Waals surface area contributed by atoms with Gasteiger partial charge in [-0.1, -0.05) is 17.3 Å². The summed E-state index contributed by atoms with van der Waals surface area (Å²) in [7, 11) is 0. The fourth-order valence-electron chi connectivity index (χ4n) is 2.47. The van der Waals surface area contributed by atoms with Crippen molar-refractivity contribution in [2.75, 3.05) is 6.54 Å². The summed E-state index contributed by atoms with van der Waals surface area (Å²) in [5.74, 6) is -0.223. The first-order valence-electron chi connectivity index (χ1n) is 7.84. The van der Waals surface area contributed by atoms with Crippen LogP contribution in [0.5, 0.6) is 0 Å². The second-order valence-electron chi connectivity index (χ2n) is 5.43. The van der Waals surface area contributed by atoms with Gasteiger partial charge in [0.2, 0.25) is 5.91 Å². The van der Waals surface area contributed by atoms with Gasteiger partial charge in [0.25, 0.3) is 0 Å². The van der Waals surface area contributed by atoms with Gasteiger partial charge in [0, 0.05) is 6.54 Å². The van der Waals surface area contributed by atoms with Crippen molar-refractivity contribution in [1.82, 2.24) is 40.1 Å². The molecule has 0 saturated carbocycles. The molecule has 4 rings (SSSR count). The highest BCUT2D eigenvalue weighted by Crippen LogP contribution is 2.10. The molecule has 0 saturated heterocycles. The van der Waals surface area contributed by atoms with Crippen molar-refractivity contribution in [3.63, 3.8) is 0 Å². The first-order valence-corrected chi connectivity index (χ1v) is 8.72. The van der Waals surface area contributed by atoms with Gasteiger partial charge in [0.15, 0.2) is 0 Å². The lowest BCUT2D eigenvalue weighted by molar-refractivity contribution is -0.121. The van der Waals surface area contributed by atoms with Crippen molar-refractivity contribution < 1.29 is 4.79 Å². The lowest BCUT2D eigenvalue weighted by Crippen LogP contribution is -2.33. The molecule has 0 aliphatic rings. The van der Waals surface area contributed by atoms with Gasteiger partial charge in [0.1, 0.15) is 17.1 Å². The van der Waals surface area contributed by atoms with E-state index in [4.69, 9.17) is 0 Å². The Balaban J connectivity index is 1.35. The molecule has 0 spiro atoms. The SMILES string of the molecule is O=C(Cn1nnc2ccccc21)NCCn1nnn(-c2cccs2)c1=O. The van der Waals surface area contributed by atoms with Crippen LogP contribution in [-0.4, -0.2) is 47.2 Å². The highest BCUT2D eigenvalue weighted by Gasteiger charge is 2.11. The molecule has 0 atom stereocenters. The van der Waals surface area contributed by atoms with Crippen LogP contribution in [0.25, 0.3) is 16.0 Å². The van der Waals surface area contributed by atoms with Crippen LogP contribution in [-0.2, 0) is 17.9 Å². The molecule has 1 N–H and O–H groups in total. The fraction of sp³-hybridized carbons (Fsp3) is 0.200. The number of benzene rings is 1. The quantitative estimate of drug-likeness (QED) is 0.513. The Morgan fingerprint density at radius 2 is 1.96 bits per heavy atom. The van der Waals surface area contributed by atoms with Crippen LogP contribution in [0.2, 0.25) is 0 Å². The van der Waals surface area contributed by atoms with E-state index in [1.54, 1.807) is 6.07 Å². The Morgan fingerprint density at radius 1 is 1.08 bits per heavy atom. The molecule has 10 nitrogen and oxygen atoms in total. The molecular formula is C15H14N8O2S. The van der Waals surface area contributed by atoms with Crippen LogP contribution in [0.15, 0.2) is 46.6 Å². The van der Waals surface area contributed by atoms with E-state index in [0.29, 0.717) is 5.00 Å². The number of carbonyl (C=O) groups is 1. The van der Waals surface area contributed by atoms with Crippen LogP contribution in [0.1, 0.15) is 0 Å². The Kier molecular flexibility index (Phi) is 4.27. The number of rotatable bonds is 6. The second-order valence-corrected chi connectivity index (χ2v) is 6.36. The smallest absolute Gasteiger partial charge is 0.353 e. The van der Waals surface area contributed by atoms with Crippen molar-refractivity contribution in [3.05, 3.63) is 52.3 Å². The van der Waals surface area contributed by atoms with Crippen LogP contribution >= 0.6 is 11.3 Å². The zero-order chi connectivity index (χ0) is 17.9. The first kappa shape index (κ1) is 16.1. The summed E-state index contributed by atoms with van der Waals surface area (Å²) < 4.78 is 3.98. The molecule has 3 heterocycles. The molecule has 0 unspecified atom stereocenters. The molecule has 0 fully saturated rings. The normalized spacial score (nSPS) is 11.1. The van der Waals surface area contributed by atoms with Crippen LogP contribution in [0.3, 0.4) is 0 Å². The number of hydrogen-bond acceptors (Lipinski definition) is 7. The van der Waals surface area contributed by atoms with Gasteiger partial charge in [-0.25, -0.2) is 9.48 Å². The van der Waals surface area contributed by atoms with Gasteiger partial charge in [-0.05, 0) is 40.1 Å². The predicted octanol–water partition coefficient (Wildman–Crippen LogP) is 0.0516. The molecule has 26 heavy (non-hydrogen) atoms. The average molecular weight is 370 g/mol. The third-order valence-corrected chi connectivity index (χ3v) is 4.56. The topological polar surface area (TPSA) is 113 Å². The number of fused-ring (bicyclic) bond motifs is 1. The predicted molar refractivity (Wildman–Crippen MR) is 94.0 cm³/mol. The Labute approximate surface area is 150 Å². The summed E-state index contributed by atoms with van der Waals surface area (Å²) in [6.45, 7) is 0.542. The van der Waals surface area contributed by atoms with E-state index in [1.807, 2.05) is 35.7 Å². The van der Waals surface area contributed by atoms with Crippen molar-refractivity contribution in [1.29, 1.82) is 0 Å². The van der Waals surface area contributed by atoms with E-state index in [1.165, 1.54) is 25.4 Å². The van der Waals surface area contributed by atoms with Crippen LogP contribution < -0.4 is 11.0 Å². The number of thiophene rings is 1. The van der Waals surface area contributed by atoms with Gasteiger partial charge >= 0.3 is 5.69 Å². The molecule has 4 aromatic rings. The molecule has 1 amide bonds. The highest BCUT2D eigenvalue weighted by molar-refractivity contribution is 7.12. The van der Waals surface area contributed by atoms with Gasteiger partial charge < -0.3 is 5.32 Å². The molecule has 0 bridgehead atoms. The van der Waals surface area contributed by atoms with E-state index in [-0.39, 0.29) is 31.2 Å². The zero-order valence-corrected chi connectivity index (χ0v) is 14.3. The number of nitrogens with one attached hydrogen (secondary N) is 1. The van der Waals surface area contributed by atoms with E-state index in [9.17, 15) is 9.59 Å². The van der Waals surface area contributed by atoms with Gasteiger partial charge in [0.05, 0.1) is 12.1 Å². The Hall–Kier alpha value is -3.34. The van der Waals surface area contributed by atoms with E-state index in [2.05, 4.69) is 26.1 Å². The lowest BCUT2D eigenvalue weighted by atomic mass is 10.3. The minimum Gasteiger partial charge on any atom is -0.353 e. The minimum atomic E-state index is -0.344. The summed E-state index contributed by atoms with van der Waals surface area (Å²) in [4.78, 5) is 24.3. The summed E-state index contributed by atoms with van der Waals surface area (Å²) in [5.41, 5.74) is 1.18. The summed E-state index contributed by atoms with van der Waals surface area (Å²) >= 11 is 1.40. The standard InChI is InChI=1S/C15H14N8O2S/c24-13(10-22-12-5-2-1-4-11(12)17-18-22)16-7-8-21-15(25)23(20-19-21)14-6-3-9-26-14/h1-6,9H,7-8,10H2,(H,16,24). The van der Waals surface area contributed by atoms with Gasteiger partial charge in [-0.2, -0.15) is 9.36 Å². The Morgan fingerprint density at radius 3 is 2.81 bits per heavy atom. The summed E-state index contributed by atoms with van der Waals surface area (Å²) in [5, 5.41) is 21.0. The third-order valence-electron chi connectivity index (χ3n) is 3.71. The Bertz CT molecular complexity index is 1090. The minimum absolute atomic E-state index is 0.0529.